The minimum atomic E-state index is -0.0838. The number of nitrogens with zero attached hydrogens (tertiary/aromatic N) is 3. The molecule has 1 amide bonds. The molecule has 0 unspecified atom stereocenters. The average Bonchev–Trinajstić information content (AvgIpc) is 3.33. The molecule has 2 aromatic carbocycles. The molecule has 2 aromatic heterocycles. The minimum Gasteiger partial charge on any atom is -0.311 e. The third kappa shape index (κ3) is 3.47. The van der Waals surface area contributed by atoms with Crippen molar-refractivity contribution >= 4 is 44.9 Å². The van der Waals surface area contributed by atoms with E-state index in [1.165, 1.54) is 28.7 Å². The summed E-state index contributed by atoms with van der Waals surface area (Å²) in [6, 6.07) is 17.5. The molecular weight excluding hydrogens is 426 g/mol. The quantitative estimate of drug-likeness (QED) is 0.335. The number of hydrogen-bond acceptors (Lipinski definition) is 5. The zero-order valence-corrected chi connectivity index (χ0v) is 18.9. The number of carbonyl (C=O) groups is 1. The largest absolute Gasteiger partial charge is 0.311 e. The van der Waals surface area contributed by atoms with Gasteiger partial charge in [-0.2, -0.15) is 0 Å². The van der Waals surface area contributed by atoms with Crippen molar-refractivity contribution in [3.63, 3.8) is 0 Å². The van der Waals surface area contributed by atoms with Gasteiger partial charge in [-0.25, -0.2) is 4.98 Å². The number of thioether (sulfide) groups is 1. The number of carbonyl (C=O) groups excluding carboxylic acids is 1. The SMILES string of the molecule is Cc1sc2nc(SCC(=O)N3CCc4ccccc43)n(-c3ccccc3)c(=O)c2c1C. The van der Waals surface area contributed by atoms with Crippen molar-refractivity contribution < 1.29 is 4.79 Å². The van der Waals surface area contributed by atoms with E-state index in [-0.39, 0.29) is 17.2 Å². The monoisotopic (exact) mass is 447 g/mol. The Morgan fingerprint density at radius 3 is 2.65 bits per heavy atom. The zero-order valence-electron chi connectivity index (χ0n) is 17.3. The van der Waals surface area contributed by atoms with Gasteiger partial charge in [0.2, 0.25) is 5.91 Å². The fourth-order valence-corrected chi connectivity index (χ4v) is 5.94. The molecule has 0 saturated heterocycles. The molecule has 3 heterocycles. The first-order valence-electron chi connectivity index (χ1n) is 10.1. The predicted molar refractivity (Wildman–Crippen MR) is 128 cm³/mol. The molecule has 4 aromatic rings. The highest BCUT2D eigenvalue weighted by atomic mass is 32.2. The molecule has 0 saturated carbocycles. The fourth-order valence-electron chi connectivity index (χ4n) is 3.98. The van der Waals surface area contributed by atoms with Crippen molar-refractivity contribution in [2.45, 2.75) is 25.4 Å². The van der Waals surface area contributed by atoms with Crippen molar-refractivity contribution in [2.24, 2.45) is 0 Å². The van der Waals surface area contributed by atoms with Gasteiger partial charge in [-0.3, -0.25) is 14.2 Å². The first-order valence-corrected chi connectivity index (χ1v) is 11.9. The van der Waals surface area contributed by atoms with Crippen LogP contribution in [0.5, 0.6) is 0 Å². The van der Waals surface area contributed by atoms with Crippen LogP contribution >= 0.6 is 23.1 Å². The van der Waals surface area contributed by atoms with Crippen LogP contribution < -0.4 is 10.5 Å². The van der Waals surface area contributed by atoms with Crippen molar-refractivity contribution in [3.8, 4) is 5.69 Å². The molecule has 31 heavy (non-hydrogen) atoms. The number of hydrogen-bond donors (Lipinski definition) is 0. The predicted octanol–water partition coefficient (Wildman–Crippen LogP) is 4.75. The zero-order chi connectivity index (χ0) is 21.5. The van der Waals surface area contributed by atoms with E-state index in [4.69, 9.17) is 4.98 Å². The van der Waals surface area contributed by atoms with Gasteiger partial charge in [0, 0.05) is 17.1 Å². The summed E-state index contributed by atoms with van der Waals surface area (Å²) in [4.78, 5) is 35.0. The fraction of sp³-hybridized carbons (Fsp3) is 0.208. The third-order valence-electron chi connectivity index (χ3n) is 5.70. The van der Waals surface area contributed by atoms with Gasteiger partial charge in [-0.05, 0) is 49.6 Å². The number of amides is 1. The van der Waals surface area contributed by atoms with Crippen LogP contribution in [-0.4, -0.2) is 27.8 Å². The number of fused-ring (bicyclic) bond motifs is 2. The van der Waals surface area contributed by atoms with E-state index < -0.39 is 0 Å². The maximum Gasteiger partial charge on any atom is 0.267 e. The number of para-hydroxylation sites is 2. The van der Waals surface area contributed by atoms with E-state index in [0.717, 1.165) is 33.1 Å². The van der Waals surface area contributed by atoms with Crippen LogP contribution in [0.3, 0.4) is 0 Å². The molecule has 5 rings (SSSR count). The lowest BCUT2D eigenvalue weighted by molar-refractivity contribution is -0.116. The van der Waals surface area contributed by atoms with E-state index >= 15 is 0 Å². The highest BCUT2D eigenvalue weighted by Crippen LogP contribution is 2.31. The van der Waals surface area contributed by atoms with Gasteiger partial charge < -0.3 is 4.90 Å². The minimum absolute atomic E-state index is 0.0300. The first-order chi connectivity index (χ1) is 15.0. The number of aryl methyl sites for hydroxylation is 2. The molecule has 0 aliphatic carbocycles. The first kappa shape index (κ1) is 20.0. The molecule has 0 N–H and O–H groups in total. The van der Waals surface area contributed by atoms with Gasteiger partial charge in [-0.1, -0.05) is 48.2 Å². The molecule has 0 fully saturated rings. The Balaban J connectivity index is 1.52. The number of benzene rings is 2. The normalized spacial score (nSPS) is 13.0. The number of thiophene rings is 1. The van der Waals surface area contributed by atoms with Gasteiger partial charge in [0.15, 0.2) is 5.16 Å². The van der Waals surface area contributed by atoms with Crippen molar-refractivity contribution in [1.29, 1.82) is 0 Å². The van der Waals surface area contributed by atoms with E-state index in [1.807, 2.05) is 67.3 Å². The summed E-state index contributed by atoms with van der Waals surface area (Å²) in [7, 11) is 0. The maximum atomic E-state index is 13.5. The van der Waals surface area contributed by atoms with Crippen LogP contribution in [0.15, 0.2) is 64.5 Å². The van der Waals surface area contributed by atoms with Gasteiger partial charge in [-0.15, -0.1) is 11.3 Å². The molecule has 5 nitrogen and oxygen atoms in total. The summed E-state index contributed by atoms with van der Waals surface area (Å²) in [5.74, 6) is 0.255. The number of anilines is 1. The molecule has 1 aliphatic heterocycles. The van der Waals surface area contributed by atoms with Crippen LogP contribution in [0.4, 0.5) is 5.69 Å². The Bertz CT molecular complexity index is 1360. The van der Waals surface area contributed by atoms with Crippen LogP contribution in [0.25, 0.3) is 15.9 Å². The van der Waals surface area contributed by atoms with Crippen LogP contribution in [0.1, 0.15) is 16.0 Å². The number of aromatic nitrogens is 2. The molecule has 0 atom stereocenters. The summed E-state index contributed by atoms with van der Waals surface area (Å²) in [5.41, 5.74) is 3.84. The topological polar surface area (TPSA) is 55.2 Å². The summed E-state index contributed by atoms with van der Waals surface area (Å²) >= 11 is 2.85. The highest BCUT2D eigenvalue weighted by molar-refractivity contribution is 7.99. The van der Waals surface area contributed by atoms with Crippen molar-refractivity contribution in [3.05, 3.63) is 81.0 Å². The van der Waals surface area contributed by atoms with Crippen LogP contribution in [-0.2, 0) is 11.2 Å². The molecule has 0 bridgehead atoms. The summed E-state index contributed by atoms with van der Waals surface area (Å²) in [5, 5.41) is 1.21. The second-order valence-electron chi connectivity index (χ2n) is 7.55. The molecular formula is C24H21N3O2S2. The van der Waals surface area contributed by atoms with E-state index in [0.29, 0.717) is 17.1 Å². The van der Waals surface area contributed by atoms with Crippen molar-refractivity contribution in [2.75, 3.05) is 17.2 Å². The van der Waals surface area contributed by atoms with Gasteiger partial charge in [0.1, 0.15) is 4.83 Å². The lowest BCUT2D eigenvalue weighted by atomic mass is 10.2. The van der Waals surface area contributed by atoms with E-state index in [2.05, 4.69) is 6.07 Å². The molecule has 0 spiro atoms. The second-order valence-corrected chi connectivity index (χ2v) is 9.69. The Morgan fingerprint density at radius 2 is 1.84 bits per heavy atom. The Kier molecular flexibility index (Phi) is 5.16. The van der Waals surface area contributed by atoms with Gasteiger partial charge in [0.05, 0.1) is 16.8 Å². The molecule has 1 aliphatic rings. The average molecular weight is 448 g/mol. The van der Waals surface area contributed by atoms with Gasteiger partial charge >= 0.3 is 0 Å². The molecule has 156 valence electrons. The summed E-state index contributed by atoms with van der Waals surface area (Å²) < 4.78 is 1.64. The molecule has 0 radical (unpaired) electrons. The second kappa shape index (κ2) is 7.98. The highest BCUT2D eigenvalue weighted by Gasteiger charge is 2.25. The Morgan fingerprint density at radius 1 is 1.10 bits per heavy atom. The maximum absolute atomic E-state index is 13.5. The van der Waals surface area contributed by atoms with Crippen LogP contribution in [0.2, 0.25) is 0 Å². The number of rotatable bonds is 4. The Hall–Kier alpha value is -2.90. The van der Waals surface area contributed by atoms with E-state index in [1.54, 1.807) is 4.57 Å². The Labute approximate surface area is 188 Å². The molecule has 7 heteroatoms. The lowest BCUT2D eigenvalue weighted by Crippen LogP contribution is -2.31. The third-order valence-corrected chi connectivity index (χ3v) is 7.72. The van der Waals surface area contributed by atoms with Crippen LogP contribution in [0, 0.1) is 13.8 Å². The summed E-state index contributed by atoms with van der Waals surface area (Å²) in [6.07, 6.45) is 0.874. The summed E-state index contributed by atoms with van der Waals surface area (Å²) in [6.45, 7) is 4.67. The lowest BCUT2D eigenvalue weighted by Gasteiger charge is -2.18. The van der Waals surface area contributed by atoms with E-state index in [9.17, 15) is 9.59 Å². The standard InChI is InChI=1S/C24H21N3O2S2/c1-15-16(2)31-22-21(15)23(29)27(18-9-4-3-5-10-18)24(25-22)30-14-20(28)26-13-12-17-8-6-7-11-19(17)26/h3-11H,12-14H2,1-2H3. The van der Waals surface area contributed by atoms with Gasteiger partial charge in [0.25, 0.3) is 5.56 Å². The smallest absolute Gasteiger partial charge is 0.267 e. The van der Waals surface area contributed by atoms with Crippen molar-refractivity contribution in [1.82, 2.24) is 9.55 Å².